The molecule has 3 N–H and O–H groups in total. The molecule has 0 aliphatic carbocycles. The number of halogens is 2. The Balaban J connectivity index is 1.42. The molecular weight excluding hydrogens is 558 g/mol. The molecule has 2 amide bonds. The number of ether oxygens (including phenoxy) is 3. The van der Waals surface area contributed by atoms with Crippen LogP contribution < -0.4 is 30.4 Å². The third-order valence-corrected chi connectivity index (χ3v) is 5.27. The smallest absolute Gasteiger partial charge is 0.276 e. The highest BCUT2D eigenvalue weighted by Crippen LogP contribution is 2.27. The van der Waals surface area contributed by atoms with E-state index in [4.69, 9.17) is 38.0 Å². The summed E-state index contributed by atoms with van der Waals surface area (Å²) in [5.74, 6) is 0.419. The third kappa shape index (κ3) is 8.75. The molecule has 0 unspecified atom stereocenters. The summed E-state index contributed by atoms with van der Waals surface area (Å²) >= 11 is 14.4. The molecule has 0 bridgehead atoms. The van der Waals surface area contributed by atoms with Gasteiger partial charge in [0.25, 0.3) is 11.8 Å². The minimum atomic E-state index is -0.525. The number of nitrogens with one attached hydrogen (secondary N) is 3. The number of para-hydroxylation sites is 2. The van der Waals surface area contributed by atoms with Gasteiger partial charge < -0.3 is 14.2 Å². The van der Waals surface area contributed by atoms with Crippen molar-refractivity contribution in [2.75, 3.05) is 19.8 Å². The van der Waals surface area contributed by atoms with Gasteiger partial charge in [-0.15, -0.1) is 0 Å². The summed E-state index contributed by atoms with van der Waals surface area (Å²) in [6.07, 6.45) is 0. The fourth-order valence-corrected chi connectivity index (χ4v) is 3.58. The minimum Gasteiger partial charge on any atom is -0.490 e. The first-order chi connectivity index (χ1) is 16.9. The molecule has 0 saturated carbocycles. The first-order valence-corrected chi connectivity index (χ1v) is 11.9. The van der Waals surface area contributed by atoms with Gasteiger partial charge in [0.2, 0.25) is 0 Å². The van der Waals surface area contributed by atoms with E-state index in [1.165, 1.54) is 0 Å². The normalized spacial score (nSPS) is 10.1. The summed E-state index contributed by atoms with van der Waals surface area (Å²) in [7, 11) is 0. The van der Waals surface area contributed by atoms with Gasteiger partial charge in [0, 0.05) is 4.47 Å². The van der Waals surface area contributed by atoms with Crippen LogP contribution in [-0.4, -0.2) is 36.7 Å². The van der Waals surface area contributed by atoms with Crippen LogP contribution in [0.2, 0.25) is 5.02 Å². The second-order valence-electron chi connectivity index (χ2n) is 6.83. The first-order valence-electron chi connectivity index (χ1n) is 10.3. The van der Waals surface area contributed by atoms with E-state index >= 15 is 0 Å². The molecule has 0 heterocycles. The van der Waals surface area contributed by atoms with Gasteiger partial charge in [-0.05, 0) is 54.7 Å². The number of amides is 2. The van der Waals surface area contributed by atoms with E-state index < -0.39 is 11.8 Å². The highest BCUT2D eigenvalue weighted by molar-refractivity contribution is 9.10. The average molecular weight is 579 g/mol. The van der Waals surface area contributed by atoms with E-state index in [0.29, 0.717) is 23.1 Å². The molecular formula is C24H21BrClN3O5S. The Labute approximate surface area is 221 Å². The Bertz CT molecular complexity index is 1180. The molecule has 0 fully saturated rings. The number of benzene rings is 3. The minimum absolute atomic E-state index is 0.104. The maximum Gasteiger partial charge on any atom is 0.276 e. The van der Waals surface area contributed by atoms with Crippen LogP contribution in [0, 0.1) is 0 Å². The quantitative estimate of drug-likeness (QED) is 0.198. The Morgan fingerprint density at radius 2 is 1.57 bits per heavy atom. The highest BCUT2D eigenvalue weighted by Gasteiger charge is 2.14. The maximum absolute atomic E-state index is 12.6. The molecule has 0 aliphatic rings. The third-order valence-electron chi connectivity index (χ3n) is 4.28. The lowest BCUT2D eigenvalue weighted by Gasteiger charge is -2.14. The van der Waals surface area contributed by atoms with Crippen molar-refractivity contribution in [2.45, 2.75) is 0 Å². The number of hydrogen-bond acceptors (Lipinski definition) is 6. The van der Waals surface area contributed by atoms with Gasteiger partial charge in [-0.3, -0.25) is 25.8 Å². The molecule has 0 saturated heterocycles. The molecule has 3 aromatic rings. The lowest BCUT2D eigenvalue weighted by Crippen LogP contribution is -2.49. The van der Waals surface area contributed by atoms with E-state index in [2.05, 4.69) is 32.1 Å². The van der Waals surface area contributed by atoms with Crippen LogP contribution in [0.4, 0.5) is 0 Å². The van der Waals surface area contributed by atoms with Crippen molar-refractivity contribution >= 4 is 56.7 Å². The molecule has 11 heteroatoms. The summed E-state index contributed by atoms with van der Waals surface area (Å²) in [6.45, 7) is 0.229. The fourth-order valence-electron chi connectivity index (χ4n) is 2.71. The number of rotatable bonds is 9. The molecule has 0 atom stereocenters. The predicted octanol–water partition coefficient (Wildman–Crippen LogP) is 4.27. The Hall–Kier alpha value is -3.34. The van der Waals surface area contributed by atoms with Gasteiger partial charge in [0.1, 0.15) is 30.5 Å². The van der Waals surface area contributed by atoms with E-state index in [1.54, 1.807) is 42.5 Å². The van der Waals surface area contributed by atoms with Crippen molar-refractivity contribution < 1.29 is 23.8 Å². The zero-order valence-electron chi connectivity index (χ0n) is 18.3. The summed E-state index contributed by atoms with van der Waals surface area (Å²) in [5, 5.41) is 2.74. The van der Waals surface area contributed by atoms with Gasteiger partial charge in [-0.2, -0.15) is 0 Å². The van der Waals surface area contributed by atoms with Crippen molar-refractivity contribution in [2.24, 2.45) is 0 Å². The summed E-state index contributed by atoms with van der Waals surface area (Å²) < 4.78 is 17.4. The molecule has 3 aromatic carbocycles. The van der Waals surface area contributed by atoms with Crippen LogP contribution in [0.15, 0.2) is 77.3 Å². The molecule has 0 aromatic heterocycles. The van der Waals surface area contributed by atoms with E-state index in [-0.39, 0.29) is 23.9 Å². The number of carbonyl (C=O) groups is 2. The first kappa shape index (κ1) is 26.3. The van der Waals surface area contributed by atoms with Crippen molar-refractivity contribution in [1.29, 1.82) is 0 Å². The molecule has 8 nitrogen and oxygen atoms in total. The monoisotopic (exact) mass is 577 g/mol. The van der Waals surface area contributed by atoms with Crippen molar-refractivity contribution in [1.82, 2.24) is 16.2 Å². The van der Waals surface area contributed by atoms with E-state index in [9.17, 15) is 9.59 Å². The van der Waals surface area contributed by atoms with Crippen LogP contribution in [-0.2, 0) is 4.79 Å². The van der Waals surface area contributed by atoms with Crippen LogP contribution in [0.25, 0.3) is 0 Å². The lowest BCUT2D eigenvalue weighted by molar-refractivity contribution is -0.123. The van der Waals surface area contributed by atoms with Gasteiger partial charge in [0.05, 0.1) is 10.6 Å². The maximum atomic E-state index is 12.6. The SMILES string of the molecule is O=C(COc1ccc(Br)cc1Cl)NNC(=S)NC(=O)c1ccccc1OCCOc1ccccc1. The number of carbonyl (C=O) groups excluding carboxylic acids is 2. The van der Waals surface area contributed by atoms with Crippen molar-refractivity contribution in [3.05, 3.63) is 87.9 Å². The fraction of sp³-hybridized carbons (Fsp3) is 0.125. The largest absolute Gasteiger partial charge is 0.490 e. The van der Waals surface area contributed by atoms with Gasteiger partial charge in [-0.1, -0.05) is 57.9 Å². The van der Waals surface area contributed by atoms with Gasteiger partial charge in [0.15, 0.2) is 11.7 Å². The van der Waals surface area contributed by atoms with E-state index in [0.717, 1.165) is 10.2 Å². The number of thiocarbonyl (C=S) groups is 1. The molecule has 0 spiro atoms. The predicted molar refractivity (Wildman–Crippen MR) is 140 cm³/mol. The lowest BCUT2D eigenvalue weighted by atomic mass is 10.2. The van der Waals surface area contributed by atoms with Crippen LogP contribution in [0.5, 0.6) is 17.2 Å². The molecule has 0 radical (unpaired) electrons. The summed E-state index contributed by atoms with van der Waals surface area (Å²) in [5.41, 5.74) is 5.07. The molecule has 0 aliphatic heterocycles. The van der Waals surface area contributed by atoms with Crippen LogP contribution in [0.1, 0.15) is 10.4 Å². The van der Waals surface area contributed by atoms with Crippen LogP contribution >= 0.6 is 39.7 Å². The number of hydrazine groups is 1. The number of hydrogen-bond donors (Lipinski definition) is 3. The van der Waals surface area contributed by atoms with Crippen LogP contribution in [0.3, 0.4) is 0 Å². The van der Waals surface area contributed by atoms with E-state index in [1.807, 2.05) is 30.3 Å². The van der Waals surface area contributed by atoms with Gasteiger partial charge >= 0.3 is 0 Å². The summed E-state index contributed by atoms with van der Waals surface area (Å²) in [6, 6.07) is 21.1. The Morgan fingerprint density at radius 1 is 0.857 bits per heavy atom. The van der Waals surface area contributed by atoms with Crippen molar-refractivity contribution in [3.63, 3.8) is 0 Å². The highest BCUT2D eigenvalue weighted by atomic mass is 79.9. The topological polar surface area (TPSA) is 97.9 Å². The Morgan fingerprint density at radius 3 is 2.34 bits per heavy atom. The zero-order chi connectivity index (χ0) is 25.0. The van der Waals surface area contributed by atoms with Gasteiger partial charge in [-0.25, -0.2) is 0 Å². The standard InChI is InChI=1S/C24H21BrClN3O5S/c25-16-10-11-21(19(26)14-16)34-15-22(30)28-29-24(35)27-23(31)18-8-4-5-9-20(18)33-13-12-32-17-6-2-1-3-7-17/h1-11,14H,12-13,15H2,(H,28,30)(H2,27,29,31,35). The molecule has 182 valence electrons. The second kappa shape index (κ2) is 13.5. The second-order valence-corrected chi connectivity index (χ2v) is 8.56. The Kier molecular flexibility index (Phi) is 10.1. The molecule has 35 heavy (non-hydrogen) atoms. The summed E-state index contributed by atoms with van der Waals surface area (Å²) in [4.78, 5) is 24.6. The van der Waals surface area contributed by atoms with Crippen molar-refractivity contribution in [3.8, 4) is 17.2 Å². The zero-order valence-corrected chi connectivity index (χ0v) is 21.4. The molecule has 3 rings (SSSR count). The average Bonchev–Trinajstić information content (AvgIpc) is 2.85.